The van der Waals surface area contributed by atoms with Gasteiger partial charge in [-0.1, -0.05) is 18.2 Å². The molecule has 6 nitrogen and oxygen atoms in total. The normalized spacial score (nSPS) is 14.5. The molecule has 0 saturated carbocycles. The van der Waals surface area contributed by atoms with Crippen molar-refractivity contribution in [2.24, 2.45) is 0 Å². The number of ether oxygens (including phenoxy) is 2. The van der Waals surface area contributed by atoms with E-state index in [0.29, 0.717) is 30.2 Å². The minimum Gasteiger partial charge on any atom is -0.497 e. The first kappa shape index (κ1) is 19.7. The molecule has 0 aliphatic carbocycles. The van der Waals surface area contributed by atoms with Crippen LogP contribution in [0.2, 0.25) is 0 Å². The fourth-order valence-electron chi connectivity index (χ4n) is 3.42. The van der Waals surface area contributed by atoms with Gasteiger partial charge in [0, 0.05) is 36.3 Å². The standard InChI is InChI=1S/C22H26N2O4/c1-15-6-4-5-7-20(15)22(26)24-10-8-17(9-11-24)23-21(25)16-12-18(27-2)14-19(13-16)28-3/h4-7,12-14,17H,8-11H2,1-3H3,(H,23,25). The summed E-state index contributed by atoms with van der Waals surface area (Å²) in [7, 11) is 3.11. The molecule has 148 valence electrons. The number of piperidine rings is 1. The van der Waals surface area contributed by atoms with Crippen molar-refractivity contribution in [1.29, 1.82) is 0 Å². The molecular weight excluding hydrogens is 356 g/mol. The molecule has 1 heterocycles. The van der Waals surface area contributed by atoms with E-state index in [1.807, 2.05) is 36.1 Å². The molecular formula is C22H26N2O4. The maximum absolute atomic E-state index is 12.7. The lowest BCUT2D eigenvalue weighted by Gasteiger charge is -2.32. The van der Waals surface area contributed by atoms with Gasteiger partial charge in [0.1, 0.15) is 11.5 Å². The van der Waals surface area contributed by atoms with Crippen molar-refractivity contribution < 1.29 is 19.1 Å². The summed E-state index contributed by atoms with van der Waals surface area (Å²) >= 11 is 0. The highest BCUT2D eigenvalue weighted by molar-refractivity contribution is 5.96. The number of rotatable bonds is 5. The number of amides is 2. The van der Waals surface area contributed by atoms with Crippen LogP contribution in [0.3, 0.4) is 0 Å². The molecule has 0 spiro atoms. The highest BCUT2D eigenvalue weighted by atomic mass is 16.5. The fourth-order valence-corrected chi connectivity index (χ4v) is 3.42. The molecule has 6 heteroatoms. The molecule has 1 saturated heterocycles. The van der Waals surface area contributed by atoms with Crippen LogP contribution in [-0.2, 0) is 0 Å². The first-order valence-corrected chi connectivity index (χ1v) is 9.40. The van der Waals surface area contributed by atoms with E-state index in [-0.39, 0.29) is 17.9 Å². The average molecular weight is 382 g/mol. The van der Waals surface area contributed by atoms with Crippen molar-refractivity contribution in [3.05, 3.63) is 59.2 Å². The Morgan fingerprint density at radius 2 is 1.61 bits per heavy atom. The highest BCUT2D eigenvalue weighted by Gasteiger charge is 2.25. The summed E-state index contributed by atoms with van der Waals surface area (Å²) in [6, 6.07) is 12.8. The number of nitrogens with zero attached hydrogens (tertiary/aromatic N) is 1. The Hall–Kier alpha value is -3.02. The number of methoxy groups -OCH3 is 2. The van der Waals surface area contributed by atoms with E-state index in [1.54, 1.807) is 32.4 Å². The maximum atomic E-state index is 12.7. The second-order valence-corrected chi connectivity index (χ2v) is 6.96. The summed E-state index contributed by atoms with van der Waals surface area (Å²) in [6.45, 7) is 3.20. The van der Waals surface area contributed by atoms with Gasteiger partial charge in [-0.05, 0) is 43.5 Å². The Kier molecular flexibility index (Phi) is 6.19. The van der Waals surface area contributed by atoms with Gasteiger partial charge in [-0.2, -0.15) is 0 Å². The Bertz CT molecular complexity index is 835. The molecule has 2 amide bonds. The second-order valence-electron chi connectivity index (χ2n) is 6.96. The van der Waals surface area contributed by atoms with Gasteiger partial charge in [0.05, 0.1) is 14.2 Å². The third-order valence-corrected chi connectivity index (χ3v) is 5.11. The van der Waals surface area contributed by atoms with Crippen molar-refractivity contribution in [3.8, 4) is 11.5 Å². The van der Waals surface area contributed by atoms with E-state index < -0.39 is 0 Å². The van der Waals surface area contributed by atoms with Gasteiger partial charge < -0.3 is 19.7 Å². The minimum atomic E-state index is -0.166. The molecule has 1 aliphatic heterocycles. The van der Waals surface area contributed by atoms with Crippen molar-refractivity contribution >= 4 is 11.8 Å². The number of hydrogen-bond donors (Lipinski definition) is 1. The van der Waals surface area contributed by atoms with Crippen molar-refractivity contribution in [2.45, 2.75) is 25.8 Å². The third kappa shape index (κ3) is 4.44. The smallest absolute Gasteiger partial charge is 0.254 e. The summed E-state index contributed by atoms with van der Waals surface area (Å²) < 4.78 is 10.5. The summed E-state index contributed by atoms with van der Waals surface area (Å²) in [5.74, 6) is 1.03. The van der Waals surface area contributed by atoms with Gasteiger partial charge in [-0.25, -0.2) is 0 Å². The predicted octanol–water partition coefficient (Wildman–Crippen LogP) is 3.05. The van der Waals surface area contributed by atoms with Crippen LogP contribution >= 0.6 is 0 Å². The van der Waals surface area contributed by atoms with Crippen LogP contribution in [-0.4, -0.2) is 50.1 Å². The van der Waals surface area contributed by atoms with Crippen LogP contribution in [0.25, 0.3) is 0 Å². The summed E-state index contributed by atoms with van der Waals surface area (Å²) in [6.07, 6.45) is 1.45. The Balaban J connectivity index is 1.59. The van der Waals surface area contributed by atoms with Crippen LogP contribution in [0.1, 0.15) is 39.1 Å². The maximum Gasteiger partial charge on any atom is 0.254 e. The molecule has 28 heavy (non-hydrogen) atoms. The van der Waals surface area contributed by atoms with Gasteiger partial charge in [0.2, 0.25) is 0 Å². The number of benzene rings is 2. The van der Waals surface area contributed by atoms with E-state index in [1.165, 1.54) is 0 Å². The Morgan fingerprint density at radius 1 is 1.00 bits per heavy atom. The first-order valence-electron chi connectivity index (χ1n) is 9.40. The van der Waals surface area contributed by atoms with Gasteiger partial charge in [0.15, 0.2) is 0 Å². The molecule has 0 radical (unpaired) electrons. The molecule has 1 N–H and O–H groups in total. The molecule has 0 aromatic heterocycles. The average Bonchev–Trinajstić information content (AvgIpc) is 2.73. The second kappa shape index (κ2) is 8.78. The number of carbonyl (C=O) groups is 2. The number of carbonyl (C=O) groups excluding carboxylic acids is 2. The molecule has 0 unspecified atom stereocenters. The molecule has 2 aromatic rings. The zero-order valence-electron chi connectivity index (χ0n) is 16.5. The van der Waals surface area contributed by atoms with Crippen molar-refractivity contribution in [1.82, 2.24) is 10.2 Å². The van der Waals surface area contributed by atoms with Crippen LogP contribution in [0.15, 0.2) is 42.5 Å². The zero-order valence-corrected chi connectivity index (χ0v) is 16.5. The predicted molar refractivity (Wildman–Crippen MR) is 107 cm³/mol. The quantitative estimate of drug-likeness (QED) is 0.863. The molecule has 3 rings (SSSR count). The van der Waals surface area contributed by atoms with Crippen LogP contribution < -0.4 is 14.8 Å². The summed E-state index contributed by atoms with van der Waals surface area (Å²) in [5.41, 5.74) is 2.22. The lowest BCUT2D eigenvalue weighted by Crippen LogP contribution is -2.46. The SMILES string of the molecule is COc1cc(OC)cc(C(=O)NC2CCN(C(=O)c3ccccc3C)CC2)c1. The van der Waals surface area contributed by atoms with Crippen molar-refractivity contribution in [2.75, 3.05) is 27.3 Å². The van der Waals surface area contributed by atoms with E-state index in [9.17, 15) is 9.59 Å². The summed E-state index contributed by atoms with van der Waals surface area (Å²) in [4.78, 5) is 27.2. The van der Waals surface area contributed by atoms with Crippen LogP contribution in [0.4, 0.5) is 0 Å². The van der Waals surface area contributed by atoms with Crippen LogP contribution in [0.5, 0.6) is 11.5 Å². The topological polar surface area (TPSA) is 67.9 Å². The minimum absolute atomic E-state index is 0.0330. The third-order valence-electron chi connectivity index (χ3n) is 5.11. The monoisotopic (exact) mass is 382 g/mol. The highest BCUT2D eigenvalue weighted by Crippen LogP contribution is 2.23. The van der Waals surface area contributed by atoms with Gasteiger partial charge in [0.25, 0.3) is 11.8 Å². The zero-order chi connectivity index (χ0) is 20.1. The van der Waals surface area contributed by atoms with Gasteiger partial charge in [-0.15, -0.1) is 0 Å². The molecule has 1 aliphatic rings. The molecule has 1 fully saturated rings. The van der Waals surface area contributed by atoms with E-state index in [4.69, 9.17) is 9.47 Å². The number of nitrogens with one attached hydrogen (secondary N) is 1. The molecule has 0 bridgehead atoms. The van der Waals surface area contributed by atoms with E-state index in [0.717, 1.165) is 24.0 Å². The number of aryl methyl sites for hydroxylation is 1. The van der Waals surface area contributed by atoms with Crippen LogP contribution in [0, 0.1) is 6.92 Å². The van der Waals surface area contributed by atoms with Gasteiger partial charge in [-0.3, -0.25) is 9.59 Å². The lowest BCUT2D eigenvalue weighted by atomic mass is 10.0. The van der Waals surface area contributed by atoms with Crippen molar-refractivity contribution in [3.63, 3.8) is 0 Å². The Morgan fingerprint density at radius 3 is 2.18 bits per heavy atom. The van der Waals surface area contributed by atoms with E-state index >= 15 is 0 Å². The van der Waals surface area contributed by atoms with E-state index in [2.05, 4.69) is 5.32 Å². The summed E-state index contributed by atoms with van der Waals surface area (Å²) in [5, 5.41) is 3.06. The fraction of sp³-hybridized carbons (Fsp3) is 0.364. The first-order chi connectivity index (χ1) is 13.5. The molecule has 0 atom stereocenters. The largest absolute Gasteiger partial charge is 0.497 e. The lowest BCUT2D eigenvalue weighted by molar-refractivity contribution is 0.0697. The molecule has 2 aromatic carbocycles. The number of likely N-dealkylation sites (tertiary alicyclic amines) is 1. The number of hydrogen-bond acceptors (Lipinski definition) is 4. The Labute approximate surface area is 165 Å². The van der Waals surface area contributed by atoms with Gasteiger partial charge >= 0.3 is 0 Å².